The molecule has 0 N–H and O–H groups in total. The van der Waals surface area contributed by atoms with E-state index < -0.39 is 0 Å². The number of aryl methyl sites for hydroxylation is 2. The van der Waals surface area contributed by atoms with Gasteiger partial charge in [-0.05, 0) is 58.0 Å². The topological polar surface area (TPSA) is 14.2 Å². The molecule has 52 heavy (non-hydrogen) atoms. The zero-order chi connectivity index (χ0) is 36.1. The molecule has 6 aromatic rings. The second kappa shape index (κ2) is 18.3. The van der Waals surface area contributed by atoms with Crippen molar-refractivity contribution in [2.24, 2.45) is 0 Å². The summed E-state index contributed by atoms with van der Waals surface area (Å²) >= 11 is 0. The van der Waals surface area contributed by atoms with Gasteiger partial charge in [0.1, 0.15) is 13.1 Å². The average Bonchev–Trinajstić information content (AvgIpc) is 3.17. The van der Waals surface area contributed by atoms with Gasteiger partial charge in [0.15, 0.2) is 24.8 Å². The molecule has 4 nitrogen and oxygen atoms in total. The molecule has 0 fully saturated rings. The van der Waals surface area contributed by atoms with E-state index in [-0.39, 0.29) is 0 Å². The fourth-order valence-electron chi connectivity index (χ4n) is 7.16. The lowest BCUT2D eigenvalue weighted by atomic mass is 10.0. The van der Waals surface area contributed by atoms with E-state index in [1.807, 2.05) is 0 Å². The van der Waals surface area contributed by atoms with Crippen LogP contribution < -0.4 is 18.9 Å². The van der Waals surface area contributed by atoms with E-state index >= 15 is 0 Å². The third kappa shape index (κ3) is 9.76. The minimum absolute atomic E-state index is 1.09. The van der Waals surface area contributed by atoms with Crippen LogP contribution >= 0.6 is 0 Å². The highest BCUT2D eigenvalue weighted by Crippen LogP contribution is 2.30. The van der Waals surface area contributed by atoms with Gasteiger partial charge in [0, 0.05) is 87.4 Å². The van der Waals surface area contributed by atoms with E-state index in [1.165, 1.54) is 107 Å². The SMILES string of the molecule is CN(C)c1ccc(/C=C/c2cc[n+](CCCCCCCCCC[n+]3ccc(/C=C/c4ccc(N(C)C)c5ccccc45)cc3)cc2)c2ccccc12. The minimum atomic E-state index is 1.09. The average molecular weight is 689 g/mol. The lowest BCUT2D eigenvalue weighted by Gasteiger charge is -2.16. The lowest BCUT2D eigenvalue weighted by Crippen LogP contribution is -2.32. The molecule has 4 aromatic carbocycles. The summed E-state index contributed by atoms with van der Waals surface area (Å²) in [6, 6.07) is 35.1. The molecule has 0 saturated heterocycles. The summed E-state index contributed by atoms with van der Waals surface area (Å²) < 4.78 is 4.65. The second-order valence-electron chi connectivity index (χ2n) is 14.5. The number of hydrogen-bond acceptors (Lipinski definition) is 2. The van der Waals surface area contributed by atoms with Crippen LogP contribution in [0.2, 0.25) is 0 Å². The molecule has 4 heteroatoms. The first kappa shape index (κ1) is 36.6. The highest BCUT2D eigenvalue weighted by Gasteiger charge is 2.08. The number of fused-ring (bicyclic) bond motifs is 2. The van der Waals surface area contributed by atoms with Gasteiger partial charge in [-0.25, -0.2) is 9.13 Å². The largest absolute Gasteiger partial charge is 0.377 e. The van der Waals surface area contributed by atoms with Gasteiger partial charge in [0.25, 0.3) is 0 Å². The molecule has 0 aliphatic heterocycles. The van der Waals surface area contributed by atoms with Crippen molar-refractivity contribution in [3.8, 4) is 0 Å². The number of pyridine rings is 2. The molecule has 0 aliphatic carbocycles. The van der Waals surface area contributed by atoms with Gasteiger partial charge in [-0.2, -0.15) is 0 Å². The number of aromatic nitrogens is 2. The summed E-state index contributed by atoms with van der Waals surface area (Å²) in [6.07, 6.45) is 28.3. The Morgan fingerprint density at radius 2 is 0.731 bits per heavy atom. The monoisotopic (exact) mass is 688 g/mol. The molecule has 0 saturated carbocycles. The summed E-state index contributed by atoms with van der Waals surface area (Å²) in [4.78, 5) is 4.36. The summed E-state index contributed by atoms with van der Waals surface area (Å²) in [6.45, 7) is 2.18. The number of rotatable bonds is 17. The zero-order valence-corrected chi connectivity index (χ0v) is 31.7. The highest BCUT2D eigenvalue weighted by molar-refractivity contribution is 6.01. The van der Waals surface area contributed by atoms with E-state index in [4.69, 9.17) is 0 Å². The Hall–Kier alpha value is -5.22. The van der Waals surface area contributed by atoms with Crippen molar-refractivity contribution < 1.29 is 9.13 Å². The van der Waals surface area contributed by atoms with Crippen molar-refractivity contribution >= 4 is 57.2 Å². The molecule has 0 bridgehead atoms. The minimum Gasteiger partial charge on any atom is -0.377 e. The Balaban J connectivity index is 0.843. The summed E-state index contributed by atoms with van der Waals surface area (Å²) in [5.41, 5.74) is 7.48. The highest BCUT2D eigenvalue weighted by atomic mass is 15.1. The van der Waals surface area contributed by atoms with Crippen molar-refractivity contribution in [1.82, 2.24) is 0 Å². The first-order valence-corrected chi connectivity index (χ1v) is 19.2. The van der Waals surface area contributed by atoms with Gasteiger partial charge in [0.05, 0.1) is 0 Å². The molecule has 2 aromatic heterocycles. The Labute approximate surface area is 312 Å². The third-order valence-electron chi connectivity index (χ3n) is 10.2. The molecule has 0 aliphatic rings. The Bertz CT molecular complexity index is 1940. The van der Waals surface area contributed by atoms with E-state index in [2.05, 4.69) is 193 Å². The third-order valence-corrected chi connectivity index (χ3v) is 10.2. The number of nitrogens with zero attached hydrogens (tertiary/aromatic N) is 4. The predicted octanol–water partition coefficient (Wildman–Crippen LogP) is 10.9. The number of benzene rings is 4. The van der Waals surface area contributed by atoms with Gasteiger partial charge >= 0.3 is 0 Å². The van der Waals surface area contributed by atoms with E-state index in [9.17, 15) is 0 Å². The fraction of sp³-hybridized carbons (Fsp3) is 0.292. The van der Waals surface area contributed by atoms with Crippen LogP contribution in [0.5, 0.6) is 0 Å². The van der Waals surface area contributed by atoms with Crippen molar-refractivity contribution in [3.05, 3.63) is 144 Å². The molecule has 0 atom stereocenters. The molecule has 0 unspecified atom stereocenters. The lowest BCUT2D eigenvalue weighted by molar-refractivity contribution is -0.697. The molecule has 0 spiro atoms. The second-order valence-corrected chi connectivity index (χ2v) is 14.5. The Morgan fingerprint density at radius 3 is 1.10 bits per heavy atom. The molecule has 6 rings (SSSR count). The maximum Gasteiger partial charge on any atom is 0.169 e. The van der Waals surface area contributed by atoms with Crippen LogP contribution in [0.3, 0.4) is 0 Å². The van der Waals surface area contributed by atoms with E-state index in [0.29, 0.717) is 0 Å². The van der Waals surface area contributed by atoms with Gasteiger partial charge in [-0.3, -0.25) is 0 Å². The maximum atomic E-state index is 2.32. The van der Waals surface area contributed by atoms with Crippen molar-refractivity contribution in [1.29, 1.82) is 0 Å². The number of anilines is 2. The summed E-state index contributed by atoms with van der Waals surface area (Å²) in [7, 11) is 8.42. The van der Waals surface area contributed by atoms with Crippen LogP contribution in [0.25, 0.3) is 45.8 Å². The summed E-state index contributed by atoms with van der Waals surface area (Å²) in [5.74, 6) is 0. The van der Waals surface area contributed by atoms with E-state index in [0.717, 1.165) is 13.1 Å². The molecular formula is C48H56N4+2. The first-order valence-electron chi connectivity index (χ1n) is 19.2. The van der Waals surface area contributed by atoms with Gasteiger partial charge < -0.3 is 9.80 Å². The number of hydrogen-bond donors (Lipinski definition) is 0. The van der Waals surface area contributed by atoms with Crippen LogP contribution in [0.1, 0.15) is 73.6 Å². The fourth-order valence-corrected chi connectivity index (χ4v) is 7.16. The number of unbranched alkanes of at least 4 members (excludes halogenated alkanes) is 7. The van der Waals surface area contributed by atoms with Crippen molar-refractivity contribution in [2.45, 2.75) is 64.5 Å². The van der Waals surface area contributed by atoms with Crippen molar-refractivity contribution in [3.63, 3.8) is 0 Å². The first-order chi connectivity index (χ1) is 25.5. The smallest absolute Gasteiger partial charge is 0.169 e. The van der Waals surface area contributed by atoms with Gasteiger partial charge in [-0.1, -0.05) is 111 Å². The van der Waals surface area contributed by atoms with Gasteiger partial charge in [-0.15, -0.1) is 0 Å². The normalized spacial score (nSPS) is 11.7. The van der Waals surface area contributed by atoms with Crippen molar-refractivity contribution in [2.75, 3.05) is 38.0 Å². The van der Waals surface area contributed by atoms with Gasteiger partial charge in [0.2, 0.25) is 0 Å². The molecular weight excluding hydrogens is 633 g/mol. The Morgan fingerprint density at radius 1 is 0.385 bits per heavy atom. The quantitative estimate of drug-likeness (QED) is 0.0699. The van der Waals surface area contributed by atoms with Crippen LogP contribution in [-0.4, -0.2) is 28.2 Å². The zero-order valence-electron chi connectivity index (χ0n) is 31.7. The molecule has 266 valence electrons. The van der Waals surface area contributed by atoms with Crippen LogP contribution in [0.4, 0.5) is 11.4 Å². The predicted molar refractivity (Wildman–Crippen MR) is 225 cm³/mol. The van der Waals surface area contributed by atoms with Crippen LogP contribution in [0, 0.1) is 0 Å². The molecule has 0 radical (unpaired) electrons. The molecule has 0 amide bonds. The van der Waals surface area contributed by atoms with Crippen LogP contribution in [-0.2, 0) is 13.1 Å². The Kier molecular flexibility index (Phi) is 12.9. The maximum absolute atomic E-state index is 2.32. The standard InChI is InChI=1S/C48H56N4/c1-49(2)47-27-25-41(43-17-11-13-19-45(43)47)23-21-39-29-35-51(36-30-39)33-15-9-7-5-6-8-10-16-34-52-37-31-40(32-38-52)22-24-42-26-28-48(50(3)4)46-20-14-12-18-44(42)46/h11-14,17-32,35-38H,5-10,15-16,33-34H2,1-4H3/q+2. The molecule has 2 heterocycles. The van der Waals surface area contributed by atoms with E-state index in [1.54, 1.807) is 0 Å². The summed E-state index contributed by atoms with van der Waals surface area (Å²) in [5, 5.41) is 5.16. The van der Waals surface area contributed by atoms with Crippen LogP contribution in [0.15, 0.2) is 122 Å².